The van der Waals surface area contributed by atoms with Crippen LogP contribution in [0.15, 0.2) is 0 Å². The zero-order valence-electron chi connectivity index (χ0n) is 12.3. The summed E-state index contributed by atoms with van der Waals surface area (Å²) >= 11 is 0. The van der Waals surface area contributed by atoms with Crippen LogP contribution in [0, 0.1) is 0 Å². The highest BCUT2D eigenvalue weighted by atomic mass is 32.2. The smallest absolute Gasteiger partial charge is 0.104 e. The van der Waals surface area contributed by atoms with Crippen LogP contribution in [0.25, 0.3) is 0 Å². The van der Waals surface area contributed by atoms with Crippen LogP contribution in [0.2, 0.25) is 0 Å². The van der Waals surface area contributed by atoms with Gasteiger partial charge in [0.1, 0.15) is 6.10 Å². The number of hydrogen-bond donors (Lipinski definition) is 0. The van der Waals surface area contributed by atoms with Crippen molar-refractivity contribution >= 4 is 21.6 Å². The minimum atomic E-state index is -1.04. The summed E-state index contributed by atoms with van der Waals surface area (Å²) in [5.74, 6) is 0.396. The third kappa shape index (κ3) is 10.6. The van der Waals surface area contributed by atoms with Crippen LogP contribution >= 0.6 is 0 Å². The van der Waals surface area contributed by atoms with Gasteiger partial charge in [0.05, 0.1) is 25.1 Å². The van der Waals surface area contributed by atoms with E-state index in [4.69, 9.17) is 14.2 Å². The molecule has 0 aliphatic carbocycles. The first-order chi connectivity index (χ1) is 9.01. The molecular formula is C12H26O5S2. The Balaban J connectivity index is 3.94. The predicted octanol–water partition coefficient (Wildman–Crippen LogP) is 0.570. The lowest BCUT2D eigenvalue weighted by atomic mass is 10.4. The van der Waals surface area contributed by atoms with Gasteiger partial charge in [0.15, 0.2) is 0 Å². The van der Waals surface area contributed by atoms with Gasteiger partial charge in [0, 0.05) is 53.6 Å². The lowest BCUT2D eigenvalue weighted by Crippen LogP contribution is -2.31. The first-order valence-corrected chi connectivity index (χ1v) is 9.66. The molecule has 116 valence electrons. The molecule has 0 aliphatic heterocycles. The number of rotatable bonds is 12. The highest BCUT2D eigenvalue weighted by molar-refractivity contribution is 7.88. The molecule has 0 rings (SSSR count). The average molecular weight is 314 g/mol. The molecule has 0 aromatic heterocycles. The van der Waals surface area contributed by atoms with Crippen LogP contribution in [0.3, 0.4) is 0 Å². The van der Waals surface area contributed by atoms with Gasteiger partial charge in [-0.3, -0.25) is 8.42 Å². The molecule has 0 spiro atoms. The van der Waals surface area contributed by atoms with Gasteiger partial charge in [-0.2, -0.15) is 0 Å². The molecule has 0 bridgehead atoms. The fraction of sp³-hybridized carbons (Fsp3) is 1.00. The van der Waals surface area contributed by atoms with E-state index in [-0.39, 0.29) is 11.4 Å². The minimum absolute atomic E-state index is 0.121. The van der Waals surface area contributed by atoms with Crippen molar-refractivity contribution in [3.63, 3.8) is 0 Å². The Kier molecular flexibility index (Phi) is 12.1. The van der Waals surface area contributed by atoms with Gasteiger partial charge in [-0.05, 0) is 6.42 Å². The monoisotopic (exact) mass is 314 g/mol. The molecule has 5 nitrogen and oxygen atoms in total. The van der Waals surface area contributed by atoms with Crippen molar-refractivity contribution in [2.75, 3.05) is 51.8 Å². The molecule has 0 N–H and O–H groups in total. The molecule has 0 amide bonds. The summed E-state index contributed by atoms with van der Waals surface area (Å²) in [7, 11) is -0.394. The zero-order chi connectivity index (χ0) is 14.7. The molecule has 0 fully saturated rings. The summed E-state index contributed by atoms with van der Waals surface area (Å²) in [4.78, 5) is 0. The highest BCUT2D eigenvalue weighted by Crippen LogP contribution is 2.01. The normalized spacial score (nSPS) is 17.9. The lowest BCUT2D eigenvalue weighted by molar-refractivity contribution is -0.0399. The summed E-state index contributed by atoms with van der Waals surface area (Å²) in [6, 6.07) is 0. The summed E-state index contributed by atoms with van der Waals surface area (Å²) < 4.78 is 38.8. The van der Waals surface area contributed by atoms with E-state index in [2.05, 4.69) is 0 Å². The van der Waals surface area contributed by atoms with Crippen LogP contribution in [0.4, 0.5) is 0 Å². The molecule has 0 aromatic rings. The Morgan fingerprint density at radius 2 is 1.68 bits per heavy atom. The van der Waals surface area contributed by atoms with Gasteiger partial charge >= 0.3 is 0 Å². The van der Waals surface area contributed by atoms with Gasteiger partial charge < -0.3 is 14.2 Å². The molecule has 4 atom stereocenters. The van der Waals surface area contributed by atoms with E-state index in [0.29, 0.717) is 32.2 Å². The third-order valence-electron chi connectivity index (χ3n) is 2.48. The van der Waals surface area contributed by atoms with Crippen molar-refractivity contribution < 1.29 is 22.6 Å². The summed E-state index contributed by atoms with van der Waals surface area (Å²) in [5.41, 5.74) is 0. The van der Waals surface area contributed by atoms with Crippen LogP contribution in [0.1, 0.15) is 13.3 Å². The highest BCUT2D eigenvalue weighted by Gasteiger charge is 2.16. The molecule has 0 radical (unpaired) electrons. The fourth-order valence-corrected chi connectivity index (χ4v) is 3.62. The maximum Gasteiger partial charge on any atom is 0.104 e. The first-order valence-electron chi connectivity index (χ1n) is 6.31. The van der Waals surface area contributed by atoms with Crippen LogP contribution in [0.5, 0.6) is 0 Å². The van der Waals surface area contributed by atoms with E-state index in [9.17, 15) is 8.42 Å². The number of hydrogen-bond acceptors (Lipinski definition) is 5. The largest absolute Gasteiger partial charge is 0.379 e. The Morgan fingerprint density at radius 3 is 2.16 bits per heavy atom. The van der Waals surface area contributed by atoms with Crippen LogP contribution in [-0.2, 0) is 35.8 Å². The van der Waals surface area contributed by atoms with Crippen LogP contribution in [-0.4, -0.2) is 71.6 Å². The Bertz CT molecular complexity index is 273. The standard InChI is InChI=1S/C12H26O5S2/c1-5-6-16-7-11(15-2)8-17-9-12(19(4)14)10-18(3)13/h11-12H,5-10H2,1-4H3. The van der Waals surface area contributed by atoms with Gasteiger partial charge in [0.25, 0.3) is 0 Å². The van der Waals surface area contributed by atoms with E-state index in [1.165, 1.54) is 0 Å². The fourth-order valence-electron chi connectivity index (χ4n) is 1.38. The Morgan fingerprint density at radius 1 is 1.05 bits per heavy atom. The van der Waals surface area contributed by atoms with E-state index < -0.39 is 21.6 Å². The number of ether oxygens (including phenoxy) is 3. The Hall–Kier alpha value is 0.180. The van der Waals surface area contributed by atoms with Gasteiger partial charge in [-0.15, -0.1) is 0 Å². The maximum absolute atomic E-state index is 11.5. The predicted molar refractivity (Wildman–Crippen MR) is 79.5 cm³/mol. The lowest BCUT2D eigenvalue weighted by Gasteiger charge is -2.18. The molecule has 4 unspecified atom stereocenters. The van der Waals surface area contributed by atoms with Crippen LogP contribution < -0.4 is 0 Å². The minimum Gasteiger partial charge on any atom is -0.379 e. The molecule has 0 aromatic carbocycles. The topological polar surface area (TPSA) is 61.8 Å². The molecule has 0 aliphatic rings. The molecule has 7 heteroatoms. The SMILES string of the molecule is CCCOCC(COCC(CS(C)=O)S(C)=O)OC. The molecular weight excluding hydrogens is 288 g/mol. The van der Waals surface area contributed by atoms with Crippen molar-refractivity contribution in [2.24, 2.45) is 0 Å². The van der Waals surface area contributed by atoms with Crippen molar-refractivity contribution in [1.82, 2.24) is 0 Å². The number of methoxy groups -OCH3 is 1. The zero-order valence-corrected chi connectivity index (χ0v) is 13.9. The van der Waals surface area contributed by atoms with Crippen molar-refractivity contribution in [3.05, 3.63) is 0 Å². The third-order valence-corrected chi connectivity index (χ3v) is 4.81. The molecule has 0 saturated heterocycles. The van der Waals surface area contributed by atoms with Crippen molar-refractivity contribution in [2.45, 2.75) is 24.7 Å². The first kappa shape index (κ1) is 19.2. The average Bonchev–Trinajstić information content (AvgIpc) is 2.35. The quantitative estimate of drug-likeness (QED) is 0.493. The second-order valence-corrected chi connectivity index (χ2v) is 7.47. The van der Waals surface area contributed by atoms with E-state index in [1.807, 2.05) is 6.92 Å². The maximum atomic E-state index is 11.5. The summed E-state index contributed by atoms with van der Waals surface area (Å²) in [6.07, 6.45) is 4.07. The van der Waals surface area contributed by atoms with Gasteiger partial charge in [0.2, 0.25) is 0 Å². The van der Waals surface area contributed by atoms with E-state index in [1.54, 1.807) is 19.6 Å². The van der Waals surface area contributed by atoms with E-state index in [0.717, 1.165) is 6.42 Å². The second kappa shape index (κ2) is 12.0. The van der Waals surface area contributed by atoms with Crippen molar-refractivity contribution in [1.29, 1.82) is 0 Å². The van der Waals surface area contributed by atoms with Crippen molar-refractivity contribution in [3.8, 4) is 0 Å². The van der Waals surface area contributed by atoms with E-state index >= 15 is 0 Å². The van der Waals surface area contributed by atoms with Gasteiger partial charge in [-0.25, -0.2) is 0 Å². The van der Waals surface area contributed by atoms with Gasteiger partial charge in [-0.1, -0.05) is 6.92 Å². The molecule has 19 heavy (non-hydrogen) atoms. The summed E-state index contributed by atoms with van der Waals surface area (Å²) in [6.45, 7) is 3.96. The Labute approximate surface area is 121 Å². The molecule has 0 heterocycles. The molecule has 0 saturated carbocycles. The summed E-state index contributed by atoms with van der Waals surface area (Å²) in [5, 5.41) is -0.195. The second-order valence-electron chi connectivity index (χ2n) is 4.33.